The van der Waals surface area contributed by atoms with Crippen LogP contribution >= 0.6 is 0 Å². The predicted octanol–water partition coefficient (Wildman–Crippen LogP) is 0.365. The van der Waals surface area contributed by atoms with E-state index in [-0.39, 0.29) is 12.5 Å². The molecular formula is C22H41NO8. The van der Waals surface area contributed by atoms with Crippen LogP contribution in [0.4, 0.5) is 0 Å². The highest BCUT2D eigenvalue weighted by Gasteiger charge is 2.44. The van der Waals surface area contributed by atoms with E-state index in [9.17, 15) is 30.3 Å². The maximum Gasteiger partial charge on any atom is 0.220 e. The van der Waals surface area contributed by atoms with Crippen molar-refractivity contribution in [1.82, 2.24) is 5.32 Å². The van der Waals surface area contributed by atoms with Gasteiger partial charge in [0.05, 0.1) is 25.4 Å². The van der Waals surface area contributed by atoms with Crippen molar-refractivity contribution in [3.63, 3.8) is 0 Å². The molecule has 1 heterocycles. The van der Waals surface area contributed by atoms with Gasteiger partial charge in [-0.25, -0.2) is 0 Å². The molecule has 0 aromatic carbocycles. The van der Waals surface area contributed by atoms with E-state index in [1.807, 2.05) is 13.0 Å². The summed E-state index contributed by atoms with van der Waals surface area (Å²) in [6.45, 7) is 3.38. The van der Waals surface area contributed by atoms with Crippen molar-refractivity contribution in [3.8, 4) is 0 Å². The van der Waals surface area contributed by atoms with Gasteiger partial charge < -0.3 is 40.3 Å². The standard InChI is InChI=1S/C22H41NO8/c1-3-5-7-8-10-12-18(26)23-15(16(25)11-9-6-4-2)14-30-22-21(29)20(28)19(27)17(13-24)31-22/h9,11,15-17,19-22,24-25,27-29H,3-8,10,12-14H2,1-2H3,(H,23,26)/b11-9+. The zero-order valence-electron chi connectivity index (χ0n) is 18.7. The molecule has 0 spiro atoms. The van der Waals surface area contributed by atoms with Crippen molar-refractivity contribution in [2.75, 3.05) is 13.2 Å². The number of aliphatic hydroxyl groups is 5. The average Bonchev–Trinajstić information content (AvgIpc) is 2.76. The molecule has 1 saturated heterocycles. The topological polar surface area (TPSA) is 149 Å². The molecule has 1 aliphatic rings. The van der Waals surface area contributed by atoms with Gasteiger partial charge in [0.15, 0.2) is 6.29 Å². The zero-order chi connectivity index (χ0) is 23.2. The van der Waals surface area contributed by atoms with Gasteiger partial charge in [0, 0.05) is 6.42 Å². The van der Waals surface area contributed by atoms with Gasteiger partial charge in [-0.3, -0.25) is 4.79 Å². The molecule has 1 aliphatic heterocycles. The van der Waals surface area contributed by atoms with E-state index in [1.165, 1.54) is 0 Å². The molecule has 9 heteroatoms. The van der Waals surface area contributed by atoms with Crippen LogP contribution in [-0.2, 0) is 14.3 Å². The Morgan fingerprint density at radius 1 is 1.06 bits per heavy atom. The molecule has 1 amide bonds. The molecule has 0 aliphatic carbocycles. The second-order valence-electron chi connectivity index (χ2n) is 8.08. The predicted molar refractivity (Wildman–Crippen MR) is 115 cm³/mol. The minimum absolute atomic E-state index is 0.193. The number of carbonyl (C=O) groups excluding carboxylic acids is 1. The molecule has 6 N–H and O–H groups in total. The van der Waals surface area contributed by atoms with E-state index in [4.69, 9.17) is 9.47 Å². The van der Waals surface area contributed by atoms with Gasteiger partial charge in [0.2, 0.25) is 5.91 Å². The maximum atomic E-state index is 12.3. The second kappa shape index (κ2) is 15.7. The van der Waals surface area contributed by atoms with Crippen LogP contribution < -0.4 is 5.32 Å². The van der Waals surface area contributed by atoms with Crippen LogP contribution in [0.1, 0.15) is 65.2 Å². The van der Waals surface area contributed by atoms with Crippen LogP contribution in [0.5, 0.6) is 0 Å². The molecule has 1 fully saturated rings. The molecule has 182 valence electrons. The van der Waals surface area contributed by atoms with Gasteiger partial charge in [0.1, 0.15) is 24.4 Å². The molecule has 7 unspecified atom stereocenters. The van der Waals surface area contributed by atoms with E-state index in [2.05, 4.69) is 12.2 Å². The number of ether oxygens (including phenoxy) is 2. The summed E-state index contributed by atoms with van der Waals surface area (Å²) in [7, 11) is 0. The van der Waals surface area contributed by atoms with Crippen molar-refractivity contribution in [2.24, 2.45) is 0 Å². The first-order chi connectivity index (χ1) is 14.8. The summed E-state index contributed by atoms with van der Waals surface area (Å²) in [5, 5.41) is 52.4. The van der Waals surface area contributed by atoms with Crippen LogP contribution in [0.15, 0.2) is 12.2 Å². The van der Waals surface area contributed by atoms with Gasteiger partial charge in [0.25, 0.3) is 0 Å². The first-order valence-electron chi connectivity index (χ1n) is 11.4. The summed E-state index contributed by atoms with van der Waals surface area (Å²) in [5.74, 6) is -0.207. The third-order valence-electron chi connectivity index (χ3n) is 5.34. The van der Waals surface area contributed by atoms with Crippen molar-refractivity contribution < 1.29 is 39.8 Å². The molecular weight excluding hydrogens is 406 g/mol. The van der Waals surface area contributed by atoms with E-state index < -0.39 is 49.5 Å². The molecule has 9 nitrogen and oxygen atoms in total. The molecule has 0 aromatic rings. The fourth-order valence-electron chi connectivity index (χ4n) is 3.33. The van der Waals surface area contributed by atoms with Gasteiger partial charge in [-0.05, 0) is 12.8 Å². The van der Waals surface area contributed by atoms with Crippen molar-refractivity contribution in [3.05, 3.63) is 12.2 Å². The van der Waals surface area contributed by atoms with Crippen molar-refractivity contribution in [2.45, 2.75) is 108 Å². The van der Waals surface area contributed by atoms with Crippen LogP contribution in [0, 0.1) is 0 Å². The highest BCUT2D eigenvalue weighted by atomic mass is 16.7. The van der Waals surface area contributed by atoms with Gasteiger partial charge in [-0.15, -0.1) is 0 Å². The average molecular weight is 448 g/mol. The number of carbonyl (C=O) groups is 1. The number of rotatable bonds is 15. The lowest BCUT2D eigenvalue weighted by Crippen LogP contribution is -2.60. The van der Waals surface area contributed by atoms with E-state index >= 15 is 0 Å². The Balaban J connectivity index is 2.67. The first kappa shape index (κ1) is 28.0. The van der Waals surface area contributed by atoms with E-state index in [0.717, 1.165) is 44.9 Å². The lowest BCUT2D eigenvalue weighted by atomic mass is 9.99. The maximum absolute atomic E-state index is 12.3. The minimum Gasteiger partial charge on any atom is -0.394 e. The third-order valence-corrected chi connectivity index (χ3v) is 5.34. The molecule has 31 heavy (non-hydrogen) atoms. The highest BCUT2D eigenvalue weighted by molar-refractivity contribution is 5.76. The number of hydrogen-bond donors (Lipinski definition) is 6. The molecule has 0 aromatic heterocycles. The Morgan fingerprint density at radius 3 is 2.42 bits per heavy atom. The van der Waals surface area contributed by atoms with Crippen molar-refractivity contribution in [1.29, 1.82) is 0 Å². The number of amides is 1. The molecule has 1 rings (SSSR count). The molecule has 7 atom stereocenters. The van der Waals surface area contributed by atoms with E-state index in [1.54, 1.807) is 6.08 Å². The Hall–Kier alpha value is -1.07. The van der Waals surface area contributed by atoms with Crippen molar-refractivity contribution >= 4 is 5.91 Å². The highest BCUT2D eigenvalue weighted by Crippen LogP contribution is 2.22. The summed E-state index contributed by atoms with van der Waals surface area (Å²) < 4.78 is 10.9. The minimum atomic E-state index is -1.55. The van der Waals surface area contributed by atoms with Crippen LogP contribution in [0.25, 0.3) is 0 Å². The van der Waals surface area contributed by atoms with Gasteiger partial charge >= 0.3 is 0 Å². The number of unbranched alkanes of at least 4 members (excludes halogenated alkanes) is 5. The van der Waals surface area contributed by atoms with Crippen LogP contribution in [0.3, 0.4) is 0 Å². The lowest BCUT2D eigenvalue weighted by Gasteiger charge is -2.40. The Labute approximate surface area is 185 Å². The monoisotopic (exact) mass is 447 g/mol. The number of aliphatic hydroxyl groups excluding tert-OH is 5. The van der Waals surface area contributed by atoms with Gasteiger partial charge in [-0.1, -0.05) is 58.1 Å². The summed E-state index contributed by atoms with van der Waals surface area (Å²) in [4.78, 5) is 12.3. The van der Waals surface area contributed by atoms with Crippen LogP contribution in [0.2, 0.25) is 0 Å². The largest absolute Gasteiger partial charge is 0.394 e. The Morgan fingerprint density at radius 2 is 1.77 bits per heavy atom. The molecule has 0 bridgehead atoms. The third kappa shape index (κ3) is 9.95. The quantitative estimate of drug-likeness (QED) is 0.156. The Kier molecular flexibility index (Phi) is 14.1. The number of nitrogens with one attached hydrogen (secondary N) is 1. The fourth-order valence-corrected chi connectivity index (χ4v) is 3.33. The second-order valence-corrected chi connectivity index (χ2v) is 8.08. The zero-order valence-corrected chi connectivity index (χ0v) is 18.7. The SMILES string of the molecule is CCC/C=C/C(O)C(COC1OC(CO)C(O)C(O)C1O)NC(=O)CCCCCCC. The molecule has 0 radical (unpaired) electrons. The summed E-state index contributed by atoms with van der Waals surface area (Å²) in [5.41, 5.74) is 0. The van der Waals surface area contributed by atoms with Gasteiger partial charge in [-0.2, -0.15) is 0 Å². The van der Waals surface area contributed by atoms with E-state index in [0.29, 0.717) is 6.42 Å². The normalized spacial score (nSPS) is 28.5. The lowest BCUT2D eigenvalue weighted by molar-refractivity contribution is -0.302. The number of hydrogen-bond acceptors (Lipinski definition) is 8. The summed E-state index contributed by atoms with van der Waals surface area (Å²) in [6, 6.07) is -0.788. The number of allylic oxidation sites excluding steroid dienone is 1. The Bertz CT molecular complexity index is 516. The first-order valence-corrected chi connectivity index (χ1v) is 11.4. The van der Waals surface area contributed by atoms with Crippen LogP contribution in [-0.4, -0.2) is 87.5 Å². The smallest absolute Gasteiger partial charge is 0.220 e. The summed E-state index contributed by atoms with van der Waals surface area (Å²) in [6.07, 6.45) is 2.51. The molecule has 0 saturated carbocycles. The summed E-state index contributed by atoms with van der Waals surface area (Å²) >= 11 is 0. The fraction of sp³-hybridized carbons (Fsp3) is 0.864.